The first-order valence-corrected chi connectivity index (χ1v) is 6.37. The zero-order chi connectivity index (χ0) is 15.4. The van der Waals surface area contributed by atoms with Crippen LogP contribution in [0.5, 0.6) is 0 Å². The first kappa shape index (κ1) is 17.5. The molecule has 0 aromatic heterocycles. The molecule has 0 bridgehead atoms. The molecule has 1 fully saturated rings. The second-order valence-corrected chi connectivity index (χ2v) is 4.90. The Hall–Kier alpha value is -0.540. The Bertz CT molecular complexity index is 274. The first-order chi connectivity index (χ1) is 9.16. The molecule has 20 heavy (non-hydrogen) atoms. The molecule has 1 aliphatic rings. The second-order valence-electron chi connectivity index (χ2n) is 4.90. The third-order valence-corrected chi connectivity index (χ3v) is 3.39. The lowest BCUT2D eigenvalue weighted by atomic mass is 9.93. The predicted molar refractivity (Wildman–Crippen MR) is 59.5 cm³/mol. The zero-order valence-electron chi connectivity index (χ0n) is 10.7. The van der Waals surface area contributed by atoms with Crippen LogP contribution in [-0.2, 0) is 4.74 Å². The lowest BCUT2D eigenvalue weighted by Gasteiger charge is -2.30. The third-order valence-electron chi connectivity index (χ3n) is 3.39. The highest BCUT2D eigenvalue weighted by molar-refractivity contribution is 4.86. The van der Waals surface area contributed by atoms with Crippen LogP contribution in [0.1, 0.15) is 32.1 Å². The zero-order valence-corrected chi connectivity index (χ0v) is 10.7. The average Bonchev–Trinajstić information content (AvgIpc) is 2.76. The number of hydrazine groups is 1. The van der Waals surface area contributed by atoms with Gasteiger partial charge in [-0.2, -0.15) is 26.3 Å². The third kappa shape index (κ3) is 5.10. The van der Waals surface area contributed by atoms with Crippen LogP contribution >= 0.6 is 0 Å². The number of hydrogen-bond acceptors (Lipinski definition) is 3. The lowest BCUT2D eigenvalue weighted by molar-refractivity contribution is -0.292. The number of hydrogen-bond donors (Lipinski definition) is 2. The van der Waals surface area contributed by atoms with Gasteiger partial charge in [0.05, 0.1) is 6.10 Å². The van der Waals surface area contributed by atoms with Gasteiger partial charge >= 0.3 is 12.4 Å². The van der Waals surface area contributed by atoms with Crippen molar-refractivity contribution in [3.63, 3.8) is 0 Å². The molecule has 9 heteroatoms. The van der Waals surface area contributed by atoms with Gasteiger partial charge in [0.25, 0.3) is 0 Å². The van der Waals surface area contributed by atoms with Crippen LogP contribution in [0, 0.1) is 5.92 Å². The fourth-order valence-electron chi connectivity index (χ4n) is 2.43. The lowest BCUT2D eigenvalue weighted by Crippen LogP contribution is -2.53. The minimum absolute atomic E-state index is 0.0661. The summed E-state index contributed by atoms with van der Waals surface area (Å²) in [7, 11) is 0. The molecule has 0 aliphatic carbocycles. The standard InChI is InChI=1S/C11H18F6N2O/c12-10(13,14)9(11(15,16)17)8(19-18)5-1-3-7-4-2-6-20-7/h7-9,19H,1-6,18H2. The van der Waals surface area contributed by atoms with E-state index in [9.17, 15) is 26.3 Å². The molecular formula is C11H18F6N2O. The average molecular weight is 308 g/mol. The number of nitrogens with two attached hydrogens (primary N) is 1. The van der Waals surface area contributed by atoms with E-state index in [1.165, 1.54) is 0 Å². The van der Waals surface area contributed by atoms with Crippen molar-refractivity contribution in [1.29, 1.82) is 0 Å². The summed E-state index contributed by atoms with van der Waals surface area (Å²) >= 11 is 0. The van der Waals surface area contributed by atoms with E-state index in [4.69, 9.17) is 10.6 Å². The summed E-state index contributed by atoms with van der Waals surface area (Å²) in [4.78, 5) is 0. The Morgan fingerprint density at radius 3 is 2.15 bits per heavy atom. The van der Waals surface area contributed by atoms with Crippen molar-refractivity contribution in [2.24, 2.45) is 11.8 Å². The smallest absolute Gasteiger partial charge is 0.378 e. The van der Waals surface area contributed by atoms with Gasteiger partial charge in [-0.3, -0.25) is 11.3 Å². The summed E-state index contributed by atoms with van der Waals surface area (Å²) in [6.45, 7) is 0.594. The Kier molecular flexibility index (Phi) is 6.08. The summed E-state index contributed by atoms with van der Waals surface area (Å²) in [5.41, 5.74) is 1.66. The first-order valence-electron chi connectivity index (χ1n) is 6.37. The van der Waals surface area contributed by atoms with Crippen LogP contribution < -0.4 is 11.3 Å². The number of nitrogens with one attached hydrogen (secondary N) is 1. The number of alkyl halides is 6. The molecule has 120 valence electrons. The van der Waals surface area contributed by atoms with Crippen molar-refractivity contribution in [2.45, 2.75) is 56.6 Å². The van der Waals surface area contributed by atoms with Crippen molar-refractivity contribution in [3.8, 4) is 0 Å². The molecule has 0 amide bonds. The van der Waals surface area contributed by atoms with Crippen LogP contribution in [0.4, 0.5) is 26.3 Å². The van der Waals surface area contributed by atoms with Gasteiger partial charge in [-0.15, -0.1) is 0 Å². The number of rotatable bonds is 6. The minimum Gasteiger partial charge on any atom is -0.378 e. The summed E-state index contributed by atoms with van der Waals surface area (Å²) in [6, 6.07) is -1.88. The maximum Gasteiger partial charge on any atom is 0.402 e. The van der Waals surface area contributed by atoms with Crippen molar-refractivity contribution >= 4 is 0 Å². The second kappa shape index (κ2) is 6.95. The van der Waals surface area contributed by atoms with Crippen LogP contribution in [0.2, 0.25) is 0 Å². The molecular weight excluding hydrogens is 290 g/mol. The normalized spacial score (nSPS) is 22.5. The highest BCUT2D eigenvalue weighted by Crippen LogP contribution is 2.42. The van der Waals surface area contributed by atoms with Gasteiger partial charge in [0.2, 0.25) is 0 Å². The van der Waals surface area contributed by atoms with Crippen LogP contribution in [0.15, 0.2) is 0 Å². The molecule has 1 rings (SSSR count). The molecule has 0 saturated carbocycles. The highest BCUT2D eigenvalue weighted by atomic mass is 19.4. The number of ether oxygens (including phenoxy) is 1. The molecule has 3 nitrogen and oxygen atoms in total. The Morgan fingerprint density at radius 2 is 1.75 bits per heavy atom. The van der Waals surface area contributed by atoms with E-state index < -0.39 is 24.3 Å². The van der Waals surface area contributed by atoms with Gasteiger partial charge in [0, 0.05) is 12.6 Å². The monoisotopic (exact) mass is 308 g/mol. The van der Waals surface area contributed by atoms with Crippen LogP contribution in [0.3, 0.4) is 0 Å². The SMILES string of the molecule is NNC(CCCC1CCCO1)C(C(F)(F)F)C(F)(F)F. The van der Waals surface area contributed by atoms with E-state index >= 15 is 0 Å². The molecule has 1 heterocycles. The van der Waals surface area contributed by atoms with Crippen molar-refractivity contribution in [2.75, 3.05) is 6.61 Å². The Balaban J connectivity index is 2.56. The summed E-state index contributed by atoms with van der Waals surface area (Å²) in [5.74, 6) is 1.43. The van der Waals surface area contributed by atoms with Gasteiger partial charge in [-0.05, 0) is 32.1 Å². The maximum absolute atomic E-state index is 12.5. The molecule has 2 unspecified atom stereocenters. The van der Waals surface area contributed by atoms with Gasteiger partial charge in [0.15, 0.2) is 5.92 Å². The molecule has 2 atom stereocenters. The van der Waals surface area contributed by atoms with E-state index in [0.717, 1.165) is 12.8 Å². The van der Waals surface area contributed by atoms with Gasteiger partial charge in [-0.1, -0.05) is 0 Å². The van der Waals surface area contributed by atoms with E-state index in [2.05, 4.69) is 0 Å². The van der Waals surface area contributed by atoms with Gasteiger partial charge in [-0.25, -0.2) is 0 Å². The van der Waals surface area contributed by atoms with E-state index in [0.29, 0.717) is 13.0 Å². The largest absolute Gasteiger partial charge is 0.402 e. The summed E-state index contributed by atoms with van der Waals surface area (Å²) in [6.07, 6.45) is -8.82. The molecule has 0 spiro atoms. The van der Waals surface area contributed by atoms with Gasteiger partial charge in [0.1, 0.15) is 0 Å². The predicted octanol–water partition coefficient (Wildman–Crippen LogP) is 2.91. The van der Waals surface area contributed by atoms with Gasteiger partial charge < -0.3 is 4.74 Å². The van der Waals surface area contributed by atoms with Crippen LogP contribution in [0.25, 0.3) is 0 Å². The van der Waals surface area contributed by atoms with Crippen molar-refractivity contribution in [3.05, 3.63) is 0 Å². The Morgan fingerprint density at radius 1 is 1.15 bits per heavy atom. The topological polar surface area (TPSA) is 47.3 Å². The van der Waals surface area contributed by atoms with Crippen molar-refractivity contribution in [1.82, 2.24) is 5.43 Å². The number of halogens is 6. The Labute approximate surface area is 112 Å². The van der Waals surface area contributed by atoms with Crippen molar-refractivity contribution < 1.29 is 31.1 Å². The fraction of sp³-hybridized carbons (Fsp3) is 1.00. The summed E-state index contributed by atoms with van der Waals surface area (Å²) in [5, 5.41) is 0. The highest BCUT2D eigenvalue weighted by Gasteiger charge is 2.59. The molecule has 0 aromatic carbocycles. The maximum atomic E-state index is 12.5. The van der Waals surface area contributed by atoms with E-state index in [1.807, 2.05) is 0 Å². The quantitative estimate of drug-likeness (QED) is 0.450. The summed E-state index contributed by atoms with van der Waals surface area (Å²) < 4.78 is 80.5. The van der Waals surface area contributed by atoms with E-state index in [1.54, 1.807) is 5.43 Å². The minimum atomic E-state index is -5.38. The molecule has 0 radical (unpaired) electrons. The molecule has 1 saturated heterocycles. The van der Waals surface area contributed by atoms with E-state index in [-0.39, 0.29) is 18.9 Å². The molecule has 0 aromatic rings. The molecule has 1 aliphatic heterocycles. The molecule has 3 N–H and O–H groups in total. The fourth-order valence-corrected chi connectivity index (χ4v) is 2.43. The van der Waals surface area contributed by atoms with Crippen LogP contribution in [-0.4, -0.2) is 31.1 Å².